The number of Topliss-reactive ketones (excluding diaryl/α,β-unsaturated/α-hetero) is 1. The normalized spacial score (nSPS) is 10.9. The Kier molecular flexibility index (Phi) is 5.91. The van der Waals surface area contributed by atoms with Gasteiger partial charge in [0.15, 0.2) is 6.61 Å². The summed E-state index contributed by atoms with van der Waals surface area (Å²) in [6.07, 6.45) is -0.0582. The first-order chi connectivity index (χ1) is 14.3. The molecule has 2 aromatic heterocycles. The Balaban J connectivity index is 1.64. The van der Waals surface area contributed by atoms with Crippen molar-refractivity contribution in [3.63, 3.8) is 0 Å². The van der Waals surface area contributed by atoms with Crippen molar-refractivity contribution < 1.29 is 23.9 Å². The molecule has 158 valence electrons. The number of carbonyl (C=O) groups excluding carboxylic acids is 3. The van der Waals surface area contributed by atoms with Crippen molar-refractivity contribution >= 4 is 28.8 Å². The van der Waals surface area contributed by atoms with Crippen LogP contribution in [-0.2, 0) is 27.9 Å². The molecule has 0 atom stereocenters. The van der Waals surface area contributed by atoms with Gasteiger partial charge in [0.05, 0.1) is 35.8 Å². The predicted octanol–water partition coefficient (Wildman–Crippen LogP) is 1.89. The lowest BCUT2D eigenvalue weighted by atomic mass is 10.1. The van der Waals surface area contributed by atoms with E-state index in [-0.39, 0.29) is 24.3 Å². The van der Waals surface area contributed by atoms with Gasteiger partial charge in [-0.25, -0.2) is 9.59 Å². The van der Waals surface area contributed by atoms with E-state index in [2.05, 4.69) is 4.98 Å². The summed E-state index contributed by atoms with van der Waals surface area (Å²) < 4.78 is 12.8. The zero-order chi connectivity index (χ0) is 22.0. The molecular formula is C21H23N3O6. The van der Waals surface area contributed by atoms with Crippen molar-refractivity contribution in [1.29, 1.82) is 0 Å². The van der Waals surface area contributed by atoms with Gasteiger partial charge in [-0.1, -0.05) is 12.1 Å². The third-order valence-corrected chi connectivity index (χ3v) is 5.06. The van der Waals surface area contributed by atoms with Crippen LogP contribution in [0, 0.1) is 13.8 Å². The number of aromatic amines is 1. The topological polar surface area (TPSA) is 112 Å². The first-order valence-corrected chi connectivity index (χ1v) is 9.36. The van der Waals surface area contributed by atoms with Gasteiger partial charge in [0, 0.05) is 19.3 Å². The summed E-state index contributed by atoms with van der Waals surface area (Å²) in [6.45, 7) is 2.95. The van der Waals surface area contributed by atoms with E-state index in [0.29, 0.717) is 16.8 Å². The van der Waals surface area contributed by atoms with Gasteiger partial charge in [0.1, 0.15) is 0 Å². The number of para-hydroxylation sites is 2. The van der Waals surface area contributed by atoms with Gasteiger partial charge in [-0.3, -0.25) is 18.7 Å². The molecule has 0 radical (unpaired) electrons. The second-order valence-corrected chi connectivity index (χ2v) is 6.93. The number of carbonyl (C=O) groups is 3. The molecule has 1 N–H and O–H groups in total. The second-order valence-electron chi connectivity index (χ2n) is 6.93. The van der Waals surface area contributed by atoms with Crippen molar-refractivity contribution in [3.05, 3.63) is 57.3 Å². The highest BCUT2D eigenvalue weighted by atomic mass is 16.5. The third kappa shape index (κ3) is 3.78. The maximum absolute atomic E-state index is 12.4. The smallest absolute Gasteiger partial charge is 0.339 e. The number of esters is 2. The van der Waals surface area contributed by atoms with E-state index in [9.17, 15) is 19.2 Å². The monoisotopic (exact) mass is 413 g/mol. The number of nitrogens with zero attached hydrogens (tertiary/aromatic N) is 2. The van der Waals surface area contributed by atoms with Crippen LogP contribution < -0.4 is 5.69 Å². The molecule has 0 saturated carbocycles. The fraction of sp³-hybridized carbons (Fsp3) is 0.333. The fourth-order valence-electron chi connectivity index (χ4n) is 3.51. The largest absolute Gasteiger partial charge is 0.465 e. The number of H-pyrrole nitrogens is 1. The summed E-state index contributed by atoms with van der Waals surface area (Å²) in [6, 6.07) is 7.29. The Morgan fingerprint density at radius 1 is 1.10 bits per heavy atom. The maximum atomic E-state index is 12.4. The van der Waals surface area contributed by atoms with Crippen molar-refractivity contribution in [3.8, 4) is 0 Å². The van der Waals surface area contributed by atoms with Gasteiger partial charge >= 0.3 is 17.6 Å². The van der Waals surface area contributed by atoms with E-state index in [1.165, 1.54) is 16.2 Å². The summed E-state index contributed by atoms with van der Waals surface area (Å²) >= 11 is 0. The molecule has 2 heterocycles. The van der Waals surface area contributed by atoms with Crippen molar-refractivity contribution in [1.82, 2.24) is 14.1 Å². The molecule has 3 rings (SSSR count). The highest BCUT2D eigenvalue weighted by Crippen LogP contribution is 2.19. The minimum atomic E-state index is -0.600. The number of ketones is 1. The molecule has 0 spiro atoms. The summed E-state index contributed by atoms with van der Waals surface area (Å²) in [7, 11) is 2.93. The van der Waals surface area contributed by atoms with Gasteiger partial charge in [0.2, 0.25) is 5.78 Å². The van der Waals surface area contributed by atoms with E-state index in [0.717, 1.165) is 11.0 Å². The number of imidazole rings is 1. The zero-order valence-corrected chi connectivity index (χ0v) is 17.3. The van der Waals surface area contributed by atoms with Crippen LogP contribution >= 0.6 is 0 Å². The molecule has 1 aromatic carbocycles. The van der Waals surface area contributed by atoms with Crippen molar-refractivity contribution in [2.45, 2.75) is 26.8 Å². The summed E-state index contributed by atoms with van der Waals surface area (Å²) in [4.78, 5) is 51.6. The van der Waals surface area contributed by atoms with Crippen LogP contribution in [-0.4, -0.2) is 45.6 Å². The van der Waals surface area contributed by atoms with Gasteiger partial charge in [-0.05, 0) is 31.5 Å². The van der Waals surface area contributed by atoms with Crippen LogP contribution in [0.15, 0.2) is 29.1 Å². The molecule has 0 aliphatic carbocycles. The van der Waals surface area contributed by atoms with Crippen LogP contribution in [0.5, 0.6) is 0 Å². The highest BCUT2D eigenvalue weighted by Gasteiger charge is 2.23. The Labute approximate surface area is 172 Å². The van der Waals surface area contributed by atoms with Gasteiger partial charge < -0.3 is 14.5 Å². The van der Waals surface area contributed by atoms with Crippen LogP contribution in [0.3, 0.4) is 0 Å². The van der Waals surface area contributed by atoms with Gasteiger partial charge in [-0.15, -0.1) is 0 Å². The van der Waals surface area contributed by atoms with Crippen molar-refractivity contribution in [2.75, 3.05) is 13.7 Å². The van der Waals surface area contributed by atoms with Gasteiger partial charge in [-0.2, -0.15) is 0 Å². The first kappa shape index (κ1) is 21.1. The molecule has 0 aliphatic rings. The predicted molar refractivity (Wildman–Crippen MR) is 109 cm³/mol. The van der Waals surface area contributed by atoms with E-state index >= 15 is 0 Å². The van der Waals surface area contributed by atoms with Crippen LogP contribution in [0.25, 0.3) is 11.0 Å². The molecule has 0 fully saturated rings. The number of ether oxygens (including phenoxy) is 2. The van der Waals surface area contributed by atoms with E-state index in [1.54, 1.807) is 27.0 Å². The lowest BCUT2D eigenvalue weighted by Gasteiger charge is -2.06. The number of benzene rings is 1. The summed E-state index contributed by atoms with van der Waals surface area (Å²) in [5.74, 6) is -1.60. The number of aryl methyl sites for hydroxylation is 3. The number of fused-ring (bicyclic) bond motifs is 1. The quantitative estimate of drug-likeness (QED) is 0.468. The first-order valence-electron chi connectivity index (χ1n) is 9.36. The summed E-state index contributed by atoms with van der Waals surface area (Å²) in [5.41, 5.74) is 2.71. The number of hydrogen-bond acceptors (Lipinski definition) is 6. The van der Waals surface area contributed by atoms with E-state index < -0.39 is 24.3 Å². The van der Waals surface area contributed by atoms with Crippen LogP contribution in [0.1, 0.15) is 38.5 Å². The molecule has 0 saturated heterocycles. The minimum Gasteiger partial charge on any atom is -0.465 e. The molecular weight excluding hydrogens is 390 g/mol. The lowest BCUT2D eigenvalue weighted by molar-refractivity contribution is -0.142. The zero-order valence-electron chi connectivity index (χ0n) is 17.3. The number of rotatable bonds is 7. The maximum Gasteiger partial charge on any atom is 0.339 e. The summed E-state index contributed by atoms with van der Waals surface area (Å²) in [5, 5.41) is 0. The standard InChI is InChI=1S/C21H23N3O6/c1-12-18(20(27)29-4)13(2)22-19(12)16(25)11-30-17(26)9-10-24-15-8-6-5-7-14(15)23(3)21(24)28/h5-8,22H,9-11H2,1-4H3. The molecule has 0 unspecified atom stereocenters. The van der Waals surface area contributed by atoms with Gasteiger partial charge in [0.25, 0.3) is 0 Å². The molecule has 9 heteroatoms. The molecule has 0 amide bonds. The van der Waals surface area contributed by atoms with Crippen LogP contribution in [0.4, 0.5) is 0 Å². The molecule has 0 aliphatic heterocycles. The second kappa shape index (κ2) is 8.40. The average molecular weight is 413 g/mol. The average Bonchev–Trinajstić information content (AvgIpc) is 3.17. The Morgan fingerprint density at radius 3 is 2.43 bits per heavy atom. The number of nitrogens with one attached hydrogen (secondary N) is 1. The molecule has 0 bridgehead atoms. The lowest BCUT2D eigenvalue weighted by Crippen LogP contribution is -2.24. The van der Waals surface area contributed by atoms with E-state index in [1.807, 2.05) is 18.2 Å². The molecule has 30 heavy (non-hydrogen) atoms. The minimum absolute atomic E-state index is 0.0582. The number of aromatic nitrogens is 3. The number of hydrogen-bond donors (Lipinski definition) is 1. The third-order valence-electron chi connectivity index (χ3n) is 5.06. The SMILES string of the molecule is COC(=O)c1c(C)[nH]c(C(=O)COC(=O)CCn2c(=O)n(C)c3ccccc32)c1C. The Hall–Kier alpha value is -3.62. The van der Waals surface area contributed by atoms with E-state index in [4.69, 9.17) is 9.47 Å². The highest BCUT2D eigenvalue weighted by molar-refractivity contribution is 6.02. The van der Waals surface area contributed by atoms with Crippen molar-refractivity contribution in [2.24, 2.45) is 7.05 Å². The Bertz CT molecular complexity index is 1200. The fourth-order valence-corrected chi connectivity index (χ4v) is 3.51. The number of methoxy groups -OCH3 is 1. The Morgan fingerprint density at radius 2 is 1.77 bits per heavy atom. The molecule has 9 nitrogen and oxygen atoms in total. The molecule has 3 aromatic rings. The van der Waals surface area contributed by atoms with Crippen LogP contribution in [0.2, 0.25) is 0 Å².